The predicted molar refractivity (Wildman–Crippen MR) is 92.9 cm³/mol. The summed E-state index contributed by atoms with van der Waals surface area (Å²) in [6, 6.07) is 13.9. The first kappa shape index (κ1) is 17.9. The third-order valence-electron chi connectivity index (χ3n) is 3.77. The lowest BCUT2D eigenvalue weighted by Gasteiger charge is -2.14. The van der Waals surface area contributed by atoms with Crippen molar-refractivity contribution < 1.29 is 19.4 Å². The fourth-order valence-electron chi connectivity index (χ4n) is 2.49. The minimum Gasteiger partial charge on any atom is -0.481 e. The zero-order valence-electron chi connectivity index (χ0n) is 13.8. The topological polar surface area (TPSA) is 75.6 Å². The maximum Gasteiger partial charge on any atom is 0.308 e. The largest absolute Gasteiger partial charge is 0.481 e. The summed E-state index contributed by atoms with van der Waals surface area (Å²) in [6.07, 6.45) is 1.21. The minimum absolute atomic E-state index is 0.0316. The zero-order valence-corrected chi connectivity index (χ0v) is 13.8. The molecule has 2 rings (SSSR count). The number of carbonyl (C=O) groups excluding carboxylic acids is 1. The van der Waals surface area contributed by atoms with Gasteiger partial charge in [0, 0.05) is 13.2 Å². The molecule has 0 aliphatic heterocycles. The summed E-state index contributed by atoms with van der Waals surface area (Å²) in [6.45, 7) is 2.54. The highest BCUT2D eigenvalue weighted by Crippen LogP contribution is 2.18. The number of carboxylic acids is 1. The van der Waals surface area contributed by atoms with Gasteiger partial charge in [-0.2, -0.15) is 0 Å². The van der Waals surface area contributed by atoms with E-state index < -0.39 is 11.9 Å². The lowest BCUT2D eigenvalue weighted by atomic mass is 9.97. The van der Waals surface area contributed by atoms with Crippen LogP contribution in [0.1, 0.15) is 18.9 Å². The van der Waals surface area contributed by atoms with Crippen molar-refractivity contribution in [1.82, 2.24) is 5.32 Å². The number of carbonyl (C=O) groups is 2. The number of hydrogen-bond donors (Lipinski definition) is 2. The molecule has 1 unspecified atom stereocenters. The van der Waals surface area contributed by atoms with Crippen molar-refractivity contribution in [3.63, 3.8) is 0 Å². The van der Waals surface area contributed by atoms with E-state index in [0.717, 1.165) is 22.8 Å². The fourth-order valence-corrected chi connectivity index (χ4v) is 2.49. The Morgan fingerprint density at radius 1 is 1.17 bits per heavy atom. The molecule has 128 valence electrons. The Bertz CT molecular complexity index is 699. The molecule has 0 bridgehead atoms. The van der Waals surface area contributed by atoms with Crippen molar-refractivity contribution in [2.75, 3.05) is 19.8 Å². The van der Waals surface area contributed by atoms with Gasteiger partial charge in [-0.25, -0.2) is 0 Å². The molecule has 5 nitrogen and oxygen atoms in total. The average molecular weight is 329 g/mol. The summed E-state index contributed by atoms with van der Waals surface area (Å²) >= 11 is 0. The first-order valence-electron chi connectivity index (χ1n) is 8.15. The summed E-state index contributed by atoms with van der Waals surface area (Å²) in [5, 5.41) is 14.2. The van der Waals surface area contributed by atoms with Crippen molar-refractivity contribution in [3.05, 3.63) is 48.0 Å². The van der Waals surface area contributed by atoms with E-state index in [0.29, 0.717) is 13.0 Å². The van der Waals surface area contributed by atoms with Gasteiger partial charge < -0.3 is 15.2 Å². The highest BCUT2D eigenvalue weighted by atomic mass is 16.5. The van der Waals surface area contributed by atoms with E-state index in [1.165, 1.54) is 0 Å². The summed E-state index contributed by atoms with van der Waals surface area (Å²) in [5.41, 5.74) is 0.942. The van der Waals surface area contributed by atoms with Crippen LogP contribution in [0, 0.1) is 5.92 Å². The summed E-state index contributed by atoms with van der Waals surface area (Å²) in [4.78, 5) is 23.1. The Morgan fingerprint density at radius 3 is 2.62 bits per heavy atom. The van der Waals surface area contributed by atoms with Gasteiger partial charge in [-0.1, -0.05) is 49.4 Å². The molecule has 0 saturated heterocycles. The molecule has 24 heavy (non-hydrogen) atoms. The molecule has 0 aromatic heterocycles. The molecule has 1 atom stereocenters. The molecular weight excluding hydrogens is 306 g/mol. The number of amides is 1. The number of rotatable bonds is 9. The normalized spacial score (nSPS) is 12.0. The van der Waals surface area contributed by atoms with Crippen LogP contribution >= 0.6 is 0 Å². The Balaban J connectivity index is 1.94. The number of nitrogens with one attached hydrogen (secondary N) is 1. The molecule has 1 amide bonds. The number of ether oxygens (including phenoxy) is 1. The fraction of sp³-hybridized carbons (Fsp3) is 0.368. The summed E-state index contributed by atoms with van der Waals surface area (Å²) < 4.78 is 5.14. The van der Waals surface area contributed by atoms with Crippen LogP contribution in [0.5, 0.6) is 0 Å². The smallest absolute Gasteiger partial charge is 0.308 e. The van der Waals surface area contributed by atoms with Crippen LogP contribution < -0.4 is 5.32 Å². The van der Waals surface area contributed by atoms with Crippen LogP contribution in [-0.4, -0.2) is 36.7 Å². The van der Waals surface area contributed by atoms with Crippen LogP contribution in [0.4, 0.5) is 0 Å². The zero-order chi connectivity index (χ0) is 17.4. The first-order valence-corrected chi connectivity index (χ1v) is 8.15. The van der Waals surface area contributed by atoms with Gasteiger partial charge in [0.15, 0.2) is 0 Å². The Kier molecular flexibility index (Phi) is 6.75. The number of hydrogen-bond acceptors (Lipinski definition) is 3. The van der Waals surface area contributed by atoms with Crippen LogP contribution in [-0.2, 0) is 20.7 Å². The van der Waals surface area contributed by atoms with Crippen LogP contribution in [0.15, 0.2) is 42.5 Å². The van der Waals surface area contributed by atoms with Crippen LogP contribution in [0.25, 0.3) is 10.8 Å². The van der Waals surface area contributed by atoms with Gasteiger partial charge in [-0.3, -0.25) is 9.59 Å². The number of aliphatic carboxylic acids is 1. The Hall–Kier alpha value is -2.40. The maximum atomic E-state index is 11.6. The number of benzene rings is 2. The lowest BCUT2D eigenvalue weighted by Crippen LogP contribution is -2.36. The van der Waals surface area contributed by atoms with E-state index >= 15 is 0 Å². The predicted octanol–water partition coefficient (Wildman–Crippen LogP) is 2.63. The van der Waals surface area contributed by atoms with Crippen molar-refractivity contribution in [2.45, 2.75) is 19.8 Å². The molecule has 0 saturated carbocycles. The van der Waals surface area contributed by atoms with Crippen molar-refractivity contribution in [1.29, 1.82) is 0 Å². The van der Waals surface area contributed by atoms with Gasteiger partial charge in [0.05, 0.1) is 5.92 Å². The molecule has 2 aromatic rings. The van der Waals surface area contributed by atoms with E-state index in [9.17, 15) is 14.7 Å². The van der Waals surface area contributed by atoms with E-state index in [4.69, 9.17) is 4.74 Å². The van der Waals surface area contributed by atoms with Gasteiger partial charge in [0.1, 0.15) is 6.61 Å². The molecule has 0 heterocycles. The number of carboxylic acid groups (broad SMARTS) is 1. The number of fused-ring (bicyclic) bond motifs is 1. The summed E-state index contributed by atoms with van der Waals surface area (Å²) in [7, 11) is 0. The van der Waals surface area contributed by atoms with Crippen molar-refractivity contribution in [3.8, 4) is 0 Å². The van der Waals surface area contributed by atoms with E-state index in [1.807, 2.05) is 49.4 Å². The van der Waals surface area contributed by atoms with Crippen molar-refractivity contribution >= 4 is 22.6 Å². The summed E-state index contributed by atoms with van der Waals surface area (Å²) in [5.74, 6) is -1.87. The molecule has 0 aliphatic rings. The van der Waals surface area contributed by atoms with E-state index in [1.54, 1.807) is 0 Å². The van der Waals surface area contributed by atoms with Gasteiger partial charge >= 0.3 is 5.97 Å². The van der Waals surface area contributed by atoms with Crippen LogP contribution in [0.3, 0.4) is 0 Å². The average Bonchev–Trinajstić information content (AvgIpc) is 2.58. The Morgan fingerprint density at radius 2 is 1.92 bits per heavy atom. The maximum absolute atomic E-state index is 11.6. The van der Waals surface area contributed by atoms with Gasteiger partial charge in [0.2, 0.25) is 5.91 Å². The Labute approximate surface area is 141 Å². The second kappa shape index (κ2) is 9.03. The molecule has 2 N–H and O–H groups in total. The molecule has 2 aromatic carbocycles. The highest BCUT2D eigenvalue weighted by Gasteiger charge is 2.19. The van der Waals surface area contributed by atoms with Gasteiger partial charge in [-0.05, 0) is 29.2 Å². The molecular formula is C19H23NO4. The quantitative estimate of drug-likeness (QED) is 0.694. The minimum atomic E-state index is -0.919. The van der Waals surface area contributed by atoms with Gasteiger partial charge in [0.25, 0.3) is 0 Å². The van der Waals surface area contributed by atoms with E-state index in [-0.39, 0.29) is 19.1 Å². The van der Waals surface area contributed by atoms with Gasteiger partial charge in [-0.15, -0.1) is 0 Å². The van der Waals surface area contributed by atoms with Crippen LogP contribution in [0.2, 0.25) is 0 Å². The standard InChI is InChI=1S/C19H23NO4/c1-2-9-24-13-18(21)20-12-17(19(22)23)11-14-7-8-15-5-3-4-6-16(15)10-14/h3-8,10,17H,2,9,11-13H2,1H3,(H,20,21)(H,22,23). The molecule has 0 radical (unpaired) electrons. The SMILES string of the molecule is CCCOCC(=O)NCC(Cc1ccc2ccccc2c1)C(=O)O. The molecule has 0 spiro atoms. The second-order valence-electron chi connectivity index (χ2n) is 5.78. The monoisotopic (exact) mass is 329 g/mol. The van der Waals surface area contributed by atoms with Crippen molar-refractivity contribution in [2.24, 2.45) is 5.92 Å². The molecule has 0 aliphatic carbocycles. The first-order chi connectivity index (χ1) is 11.6. The highest BCUT2D eigenvalue weighted by molar-refractivity contribution is 5.83. The lowest BCUT2D eigenvalue weighted by molar-refractivity contribution is -0.141. The third-order valence-corrected chi connectivity index (χ3v) is 3.77. The molecule has 0 fully saturated rings. The molecule has 5 heteroatoms. The third kappa shape index (κ3) is 5.35. The van der Waals surface area contributed by atoms with E-state index in [2.05, 4.69) is 5.32 Å². The second-order valence-corrected chi connectivity index (χ2v) is 5.78.